The maximum atomic E-state index is 11.1. The Kier molecular flexibility index (Phi) is 4.84. The minimum Gasteiger partial charge on any atom is -0.496 e. The van der Waals surface area contributed by atoms with Crippen LogP contribution in [-0.4, -0.2) is 25.4 Å². The molecule has 0 unspecified atom stereocenters. The summed E-state index contributed by atoms with van der Waals surface area (Å²) in [6, 6.07) is 4.72. The number of nitro groups is 1. The molecule has 0 N–H and O–H groups in total. The number of rotatable bonds is 5. The minimum absolute atomic E-state index is 0.0800. The quantitative estimate of drug-likeness (QED) is 0.472. The van der Waals surface area contributed by atoms with Gasteiger partial charge in [-0.05, 0) is 13.8 Å². The van der Waals surface area contributed by atoms with Crippen LogP contribution < -0.4 is 9.47 Å². The van der Waals surface area contributed by atoms with Crippen LogP contribution in [0, 0.1) is 35.3 Å². The van der Waals surface area contributed by atoms with Gasteiger partial charge in [0.05, 0.1) is 19.1 Å². The Hall–Kier alpha value is -3.34. The fraction of sp³-hybridized carbons (Fsp3) is 0.250. The summed E-state index contributed by atoms with van der Waals surface area (Å²) in [4.78, 5) is 14.7. The predicted molar refractivity (Wildman–Crippen MR) is 86.4 cm³/mol. The molecule has 0 aliphatic carbocycles. The molecule has 8 nitrogen and oxygen atoms in total. The molecule has 0 spiro atoms. The Balaban J connectivity index is 2.53. The number of benzene rings is 1. The van der Waals surface area contributed by atoms with E-state index >= 15 is 0 Å². The molecule has 0 amide bonds. The highest BCUT2D eigenvalue weighted by Crippen LogP contribution is 2.34. The Morgan fingerprint density at radius 1 is 1.29 bits per heavy atom. The second-order valence-electron chi connectivity index (χ2n) is 4.86. The van der Waals surface area contributed by atoms with E-state index in [9.17, 15) is 15.4 Å². The number of nitro benzene ring substituents is 1. The third-order valence-corrected chi connectivity index (χ3v) is 3.53. The second kappa shape index (κ2) is 6.83. The van der Waals surface area contributed by atoms with Crippen LogP contribution in [0.5, 0.6) is 11.5 Å². The molecule has 1 heterocycles. The third kappa shape index (κ3) is 3.05. The molecule has 0 saturated heterocycles. The van der Waals surface area contributed by atoms with Gasteiger partial charge in [-0.25, -0.2) is 4.99 Å². The summed E-state index contributed by atoms with van der Waals surface area (Å²) in [5.74, 6) is 1.16. The summed E-state index contributed by atoms with van der Waals surface area (Å²) in [5, 5.41) is 20.3. The van der Waals surface area contributed by atoms with Crippen molar-refractivity contribution in [3.05, 3.63) is 44.7 Å². The van der Waals surface area contributed by atoms with Crippen LogP contribution in [0.2, 0.25) is 0 Å². The van der Waals surface area contributed by atoms with Crippen molar-refractivity contribution < 1.29 is 18.8 Å². The van der Waals surface area contributed by atoms with Gasteiger partial charge >= 0.3 is 5.69 Å². The lowest BCUT2D eigenvalue weighted by atomic mass is 10.1. The molecule has 1 aromatic carbocycles. The molecule has 124 valence electrons. The lowest BCUT2D eigenvalue weighted by molar-refractivity contribution is -0.385. The number of aliphatic imine (C=N–C) groups is 1. The molecule has 0 atom stereocenters. The number of ether oxygens (including phenoxy) is 2. The van der Waals surface area contributed by atoms with Gasteiger partial charge in [-0.15, -0.1) is 0 Å². The van der Waals surface area contributed by atoms with Crippen LogP contribution in [-0.2, 0) is 0 Å². The summed E-state index contributed by atoms with van der Waals surface area (Å²) in [7, 11) is 2.77. The van der Waals surface area contributed by atoms with Gasteiger partial charge in [-0.3, -0.25) is 10.1 Å². The molecule has 2 rings (SSSR count). The molecule has 0 fully saturated rings. The molecule has 0 radical (unpaired) electrons. The summed E-state index contributed by atoms with van der Waals surface area (Å²) >= 11 is 0. The summed E-state index contributed by atoms with van der Waals surface area (Å²) in [6.07, 6.45) is 1.35. The summed E-state index contributed by atoms with van der Waals surface area (Å²) in [5.41, 5.74) is 1.18. The first-order valence-corrected chi connectivity index (χ1v) is 6.87. The zero-order valence-corrected chi connectivity index (χ0v) is 13.6. The van der Waals surface area contributed by atoms with Crippen LogP contribution in [0.3, 0.4) is 0 Å². The van der Waals surface area contributed by atoms with Crippen LogP contribution in [0.25, 0.3) is 0 Å². The van der Waals surface area contributed by atoms with E-state index < -0.39 is 4.92 Å². The van der Waals surface area contributed by atoms with Crippen LogP contribution in [0.4, 0.5) is 11.6 Å². The first-order valence-electron chi connectivity index (χ1n) is 6.87. The largest absolute Gasteiger partial charge is 0.496 e. The van der Waals surface area contributed by atoms with Crippen molar-refractivity contribution in [2.45, 2.75) is 13.8 Å². The minimum atomic E-state index is -0.558. The van der Waals surface area contributed by atoms with Crippen molar-refractivity contribution in [3.8, 4) is 17.6 Å². The molecule has 8 heteroatoms. The van der Waals surface area contributed by atoms with Gasteiger partial charge in [-0.1, -0.05) is 0 Å². The lowest BCUT2D eigenvalue weighted by Gasteiger charge is -2.07. The van der Waals surface area contributed by atoms with E-state index in [1.54, 1.807) is 13.8 Å². The van der Waals surface area contributed by atoms with Gasteiger partial charge in [-0.2, -0.15) is 5.26 Å². The number of nitrogens with zero attached hydrogens (tertiary/aromatic N) is 3. The Labute approximate surface area is 138 Å². The zero-order valence-electron chi connectivity index (χ0n) is 13.6. The average molecular weight is 329 g/mol. The van der Waals surface area contributed by atoms with Crippen LogP contribution in [0.1, 0.15) is 22.5 Å². The van der Waals surface area contributed by atoms with Crippen molar-refractivity contribution in [1.29, 1.82) is 5.26 Å². The van der Waals surface area contributed by atoms with E-state index in [2.05, 4.69) is 4.99 Å². The third-order valence-electron chi connectivity index (χ3n) is 3.53. The summed E-state index contributed by atoms with van der Waals surface area (Å²) in [6.45, 7) is 3.49. The van der Waals surface area contributed by atoms with Crippen molar-refractivity contribution >= 4 is 17.8 Å². The highest BCUT2D eigenvalue weighted by atomic mass is 16.6. The zero-order chi connectivity index (χ0) is 17.9. The number of hydrogen-bond acceptors (Lipinski definition) is 7. The highest BCUT2D eigenvalue weighted by Gasteiger charge is 2.19. The Morgan fingerprint density at radius 2 is 1.96 bits per heavy atom. The fourth-order valence-electron chi connectivity index (χ4n) is 2.11. The molecule has 24 heavy (non-hydrogen) atoms. The highest BCUT2D eigenvalue weighted by molar-refractivity contribution is 5.87. The molecular formula is C16H15N3O5. The average Bonchev–Trinajstić information content (AvgIpc) is 2.85. The SMILES string of the molecule is COc1cc(OC)c([N+](=O)[O-])cc1C=Nc1oc(C)c(C)c1C#N. The number of aryl methyl sites for hydroxylation is 1. The molecule has 0 bridgehead atoms. The van der Waals surface area contributed by atoms with E-state index in [4.69, 9.17) is 13.9 Å². The Morgan fingerprint density at radius 3 is 2.50 bits per heavy atom. The van der Waals surface area contributed by atoms with Gasteiger partial charge in [0.2, 0.25) is 11.6 Å². The Bertz CT molecular complexity index is 862. The van der Waals surface area contributed by atoms with E-state index in [1.807, 2.05) is 6.07 Å². The topological polar surface area (TPSA) is 111 Å². The number of nitriles is 1. The number of hydrogen-bond donors (Lipinski definition) is 0. The maximum Gasteiger partial charge on any atom is 0.311 e. The van der Waals surface area contributed by atoms with E-state index in [0.717, 1.165) is 0 Å². The normalized spacial score (nSPS) is 10.6. The monoisotopic (exact) mass is 329 g/mol. The molecule has 2 aromatic rings. The van der Waals surface area contributed by atoms with Crippen molar-refractivity contribution in [2.24, 2.45) is 4.99 Å². The molecule has 0 aliphatic rings. The predicted octanol–water partition coefficient (Wildman–Crippen LogP) is 3.44. The molecule has 0 aliphatic heterocycles. The maximum absolute atomic E-state index is 11.1. The molecular weight excluding hydrogens is 314 g/mol. The van der Waals surface area contributed by atoms with Crippen LogP contribution in [0.15, 0.2) is 21.5 Å². The van der Waals surface area contributed by atoms with E-state index in [1.165, 1.54) is 32.6 Å². The standard InChI is InChI=1S/C16H15N3O5/c1-9-10(2)24-16(12(9)7-17)18-8-11-5-13(19(20)21)15(23-4)6-14(11)22-3/h5-6,8H,1-4H3. The number of methoxy groups -OCH3 is 2. The fourth-order valence-corrected chi connectivity index (χ4v) is 2.11. The van der Waals surface area contributed by atoms with Crippen molar-refractivity contribution in [1.82, 2.24) is 0 Å². The first-order chi connectivity index (χ1) is 11.4. The lowest BCUT2D eigenvalue weighted by Crippen LogP contribution is -1.98. The molecule has 1 aromatic heterocycles. The van der Waals surface area contributed by atoms with Gasteiger partial charge in [0.15, 0.2) is 0 Å². The summed E-state index contributed by atoms with van der Waals surface area (Å²) < 4.78 is 15.6. The van der Waals surface area contributed by atoms with E-state index in [-0.39, 0.29) is 17.3 Å². The van der Waals surface area contributed by atoms with Gasteiger partial charge in [0, 0.05) is 29.5 Å². The first kappa shape index (κ1) is 17.0. The van der Waals surface area contributed by atoms with Crippen molar-refractivity contribution in [3.63, 3.8) is 0 Å². The van der Waals surface area contributed by atoms with Crippen LogP contribution >= 0.6 is 0 Å². The number of furan rings is 1. The van der Waals surface area contributed by atoms with Crippen molar-refractivity contribution in [2.75, 3.05) is 14.2 Å². The molecule has 0 saturated carbocycles. The van der Waals surface area contributed by atoms with E-state index in [0.29, 0.717) is 28.2 Å². The van der Waals surface area contributed by atoms with Gasteiger partial charge in [0.1, 0.15) is 23.1 Å². The van der Waals surface area contributed by atoms with Gasteiger partial charge in [0.25, 0.3) is 0 Å². The smallest absolute Gasteiger partial charge is 0.311 e. The van der Waals surface area contributed by atoms with Gasteiger partial charge < -0.3 is 13.9 Å². The second-order valence-corrected chi connectivity index (χ2v) is 4.86.